The summed E-state index contributed by atoms with van der Waals surface area (Å²) in [6.45, 7) is 2.16. The molecule has 0 saturated carbocycles. The molecule has 178 valence electrons. The third-order valence-electron chi connectivity index (χ3n) is 5.52. The van der Waals surface area contributed by atoms with Crippen molar-refractivity contribution in [1.29, 1.82) is 0 Å². The highest BCUT2D eigenvalue weighted by molar-refractivity contribution is 6.30. The van der Waals surface area contributed by atoms with Gasteiger partial charge in [0.05, 0.1) is 5.56 Å². The highest BCUT2D eigenvalue weighted by Gasteiger charge is 2.30. The standard InChI is InChI=1S/C24H23ClF3N5O/c25-19-9-5-17(6-10-19)14-30-23-31-15-20(21(32-23)33-11-1-2-12-33)22(34)29-13-16-3-7-18(8-4-16)24(26,27)28/h3-10,15H,1-2,11-14H2,(H,29,34)(H,30,31,32). The molecule has 4 rings (SSSR count). The second-order valence-electron chi connectivity index (χ2n) is 7.98. The first kappa shape index (κ1) is 23.8. The number of hydrogen-bond acceptors (Lipinski definition) is 5. The Morgan fingerprint density at radius 1 is 0.971 bits per heavy atom. The average Bonchev–Trinajstić information content (AvgIpc) is 3.37. The lowest BCUT2D eigenvalue weighted by Gasteiger charge is -2.20. The van der Waals surface area contributed by atoms with E-state index in [1.807, 2.05) is 17.0 Å². The number of carbonyl (C=O) groups is 1. The highest BCUT2D eigenvalue weighted by atomic mass is 35.5. The molecule has 1 aliphatic rings. The van der Waals surface area contributed by atoms with Crippen LogP contribution in [-0.2, 0) is 19.3 Å². The third-order valence-corrected chi connectivity index (χ3v) is 5.77. The van der Waals surface area contributed by atoms with E-state index < -0.39 is 11.7 Å². The van der Waals surface area contributed by atoms with Crippen molar-refractivity contribution >= 4 is 29.3 Å². The monoisotopic (exact) mass is 489 g/mol. The summed E-state index contributed by atoms with van der Waals surface area (Å²) in [5, 5.41) is 6.59. The maximum absolute atomic E-state index is 12.9. The smallest absolute Gasteiger partial charge is 0.356 e. The quantitative estimate of drug-likeness (QED) is 0.472. The fourth-order valence-electron chi connectivity index (χ4n) is 3.66. The maximum atomic E-state index is 12.9. The molecule has 0 unspecified atom stereocenters. The van der Waals surface area contributed by atoms with Gasteiger partial charge < -0.3 is 15.5 Å². The second kappa shape index (κ2) is 10.3. The van der Waals surface area contributed by atoms with Gasteiger partial charge in [-0.15, -0.1) is 0 Å². The van der Waals surface area contributed by atoms with E-state index in [1.54, 1.807) is 12.1 Å². The number of nitrogens with zero attached hydrogens (tertiary/aromatic N) is 3. The topological polar surface area (TPSA) is 70.1 Å². The fourth-order valence-corrected chi connectivity index (χ4v) is 3.79. The molecule has 0 aliphatic carbocycles. The van der Waals surface area contributed by atoms with Crippen LogP contribution in [0, 0.1) is 0 Å². The molecule has 6 nitrogen and oxygen atoms in total. The predicted octanol–water partition coefficient (Wildman–Crippen LogP) is 5.29. The Kier molecular flexibility index (Phi) is 7.21. The summed E-state index contributed by atoms with van der Waals surface area (Å²) in [5.41, 5.74) is 1.17. The van der Waals surface area contributed by atoms with Crippen LogP contribution < -0.4 is 15.5 Å². The lowest BCUT2D eigenvalue weighted by Crippen LogP contribution is -2.28. The number of aromatic nitrogens is 2. The second-order valence-corrected chi connectivity index (χ2v) is 8.42. The zero-order chi connectivity index (χ0) is 24.1. The van der Waals surface area contributed by atoms with Gasteiger partial charge in [0, 0.05) is 37.4 Å². The summed E-state index contributed by atoms with van der Waals surface area (Å²) >= 11 is 5.93. The van der Waals surface area contributed by atoms with Crippen LogP contribution in [0.3, 0.4) is 0 Å². The van der Waals surface area contributed by atoms with Crippen LogP contribution in [0.25, 0.3) is 0 Å². The first-order chi connectivity index (χ1) is 16.3. The normalized spacial score (nSPS) is 13.7. The van der Waals surface area contributed by atoms with E-state index in [-0.39, 0.29) is 12.5 Å². The van der Waals surface area contributed by atoms with Gasteiger partial charge >= 0.3 is 6.18 Å². The number of carbonyl (C=O) groups excluding carboxylic acids is 1. The van der Waals surface area contributed by atoms with E-state index in [1.165, 1.54) is 18.3 Å². The molecule has 2 N–H and O–H groups in total. The Labute approximate surface area is 200 Å². The van der Waals surface area contributed by atoms with E-state index in [2.05, 4.69) is 20.6 Å². The van der Waals surface area contributed by atoms with E-state index >= 15 is 0 Å². The number of halogens is 4. The fraction of sp³-hybridized carbons (Fsp3) is 0.292. The Morgan fingerprint density at radius 2 is 1.59 bits per heavy atom. The summed E-state index contributed by atoms with van der Waals surface area (Å²) in [4.78, 5) is 23.8. The van der Waals surface area contributed by atoms with Gasteiger partial charge in [0.25, 0.3) is 5.91 Å². The molecule has 1 fully saturated rings. The van der Waals surface area contributed by atoms with Crippen molar-refractivity contribution in [2.24, 2.45) is 0 Å². The molecule has 34 heavy (non-hydrogen) atoms. The molecule has 0 atom stereocenters. The molecule has 1 aliphatic heterocycles. The molecular weight excluding hydrogens is 467 g/mol. The molecule has 1 saturated heterocycles. The largest absolute Gasteiger partial charge is 0.416 e. The number of anilines is 2. The predicted molar refractivity (Wildman–Crippen MR) is 125 cm³/mol. The van der Waals surface area contributed by atoms with Crippen LogP contribution in [0.1, 0.15) is 39.9 Å². The van der Waals surface area contributed by atoms with Crippen LogP contribution in [0.4, 0.5) is 24.9 Å². The minimum absolute atomic E-state index is 0.0903. The SMILES string of the molecule is O=C(NCc1ccc(C(F)(F)F)cc1)c1cnc(NCc2ccc(Cl)cc2)nc1N1CCCC1. The summed E-state index contributed by atoms with van der Waals surface area (Å²) < 4.78 is 38.2. The lowest BCUT2D eigenvalue weighted by atomic mass is 10.1. The number of rotatable bonds is 7. The number of nitrogens with one attached hydrogen (secondary N) is 2. The van der Waals surface area contributed by atoms with E-state index in [0.717, 1.165) is 43.6 Å². The summed E-state index contributed by atoms with van der Waals surface area (Å²) in [6, 6.07) is 12.1. The van der Waals surface area contributed by atoms with Crippen LogP contribution >= 0.6 is 11.6 Å². The Hall–Kier alpha value is -3.33. The molecule has 10 heteroatoms. The number of hydrogen-bond donors (Lipinski definition) is 2. The van der Waals surface area contributed by atoms with Crippen LogP contribution in [0.2, 0.25) is 5.02 Å². The molecule has 0 bridgehead atoms. The van der Waals surface area contributed by atoms with Gasteiger partial charge in [0.2, 0.25) is 5.95 Å². The highest BCUT2D eigenvalue weighted by Crippen LogP contribution is 2.29. The number of benzene rings is 2. The zero-order valence-electron chi connectivity index (χ0n) is 18.2. The van der Waals surface area contributed by atoms with Crippen LogP contribution in [-0.4, -0.2) is 29.0 Å². The van der Waals surface area contributed by atoms with Crippen molar-refractivity contribution in [3.05, 3.63) is 82.0 Å². The van der Waals surface area contributed by atoms with Crippen molar-refractivity contribution in [3.63, 3.8) is 0 Å². The maximum Gasteiger partial charge on any atom is 0.416 e. The molecule has 1 aromatic heterocycles. The Morgan fingerprint density at radius 3 is 2.24 bits per heavy atom. The van der Waals surface area contributed by atoms with Crippen molar-refractivity contribution in [1.82, 2.24) is 15.3 Å². The van der Waals surface area contributed by atoms with Crippen LogP contribution in [0.5, 0.6) is 0 Å². The van der Waals surface area contributed by atoms with Gasteiger partial charge in [-0.2, -0.15) is 18.2 Å². The summed E-state index contributed by atoms with van der Waals surface area (Å²) in [6.07, 6.45) is -0.908. The van der Waals surface area contributed by atoms with Gasteiger partial charge in [-0.1, -0.05) is 35.9 Å². The van der Waals surface area contributed by atoms with Gasteiger partial charge in [0.15, 0.2) is 0 Å². The van der Waals surface area contributed by atoms with Crippen molar-refractivity contribution < 1.29 is 18.0 Å². The summed E-state index contributed by atoms with van der Waals surface area (Å²) in [5.74, 6) is 0.554. The number of alkyl halides is 3. The molecule has 2 heterocycles. The molecule has 1 amide bonds. The zero-order valence-corrected chi connectivity index (χ0v) is 19.0. The van der Waals surface area contributed by atoms with E-state index in [9.17, 15) is 18.0 Å². The average molecular weight is 490 g/mol. The molecule has 2 aromatic carbocycles. The van der Waals surface area contributed by atoms with Gasteiger partial charge in [0.1, 0.15) is 11.4 Å². The molecular formula is C24H23ClF3N5O. The first-order valence-corrected chi connectivity index (χ1v) is 11.2. The van der Waals surface area contributed by atoms with Gasteiger partial charge in [-0.05, 0) is 48.2 Å². The van der Waals surface area contributed by atoms with Crippen molar-refractivity contribution in [2.45, 2.75) is 32.1 Å². The van der Waals surface area contributed by atoms with Gasteiger partial charge in [-0.25, -0.2) is 4.98 Å². The Balaban J connectivity index is 1.46. The molecule has 3 aromatic rings. The first-order valence-electron chi connectivity index (χ1n) is 10.8. The summed E-state index contributed by atoms with van der Waals surface area (Å²) in [7, 11) is 0. The van der Waals surface area contributed by atoms with E-state index in [0.29, 0.717) is 34.5 Å². The van der Waals surface area contributed by atoms with Crippen molar-refractivity contribution in [2.75, 3.05) is 23.3 Å². The number of amides is 1. The third kappa shape index (κ3) is 5.96. The lowest BCUT2D eigenvalue weighted by molar-refractivity contribution is -0.137. The molecule has 0 spiro atoms. The van der Waals surface area contributed by atoms with Gasteiger partial charge in [-0.3, -0.25) is 4.79 Å². The molecule has 0 radical (unpaired) electrons. The van der Waals surface area contributed by atoms with E-state index in [4.69, 9.17) is 11.6 Å². The minimum Gasteiger partial charge on any atom is -0.356 e. The Bertz CT molecular complexity index is 1130. The van der Waals surface area contributed by atoms with Crippen LogP contribution in [0.15, 0.2) is 54.7 Å². The minimum atomic E-state index is -4.40. The van der Waals surface area contributed by atoms with Crippen molar-refractivity contribution in [3.8, 4) is 0 Å².